The van der Waals surface area contributed by atoms with E-state index in [0.29, 0.717) is 28.7 Å². The van der Waals surface area contributed by atoms with Crippen LogP contribution >= 0.6 is 11.6 Å². The standard InChI is InChI=1S/C39H38ClF2N7O4/c1-20-22(7-6-10-25(20)43-35-32-29(18-27(44-35)34(41)42)47(2)38(52)48(3)37(32)51)23-8-5-9-24(33(23)40)26-17-21-11-12-28(31(21)36(45-26)53-4)49-16-15-39(19-49)14-13-30(50)46-39/h5-10,17-18,28,34H,11-16,19H2,1-4H3,(H,43,44)(H,46,50). The highest BCUT2D eigenvalue weighted by Gasteiger charge is 2.46. The lowest BCUT2D eigenvalue weighted by Crippen LogP contribution is -2.44. The number of anilines is 2. The number of aryl methyl sites for hydroxylation is 2. The fraction of sp³-hybridized carbons (Fsp3) is 0.359. The SMILES string of the molecule is COc1nc(-c2cccc(-c3cccc(Nc4nc(C(F)F)cc5c4c(=O)n(C)c(=O)n5C)c3C)c2Cl)cc2c1C(N1CCC3(CCC(=O)N3)C1)CC2. The van der Waals surface area contributed by atoms with Crippen molar-refractivity contribution >= 4 is 39.9 Å². The van der Waals surface area contributed by atoms with Crippen molar-refractivity contribution in [3.05, 3.63) is 96.8 Å². The largest absolute Gasteiger partial charge is 0.481 e. The van der Waals surface area contributed by atoms with E-state index < -0.39 is 23.4 Å². The third-order valence-electron chi connectivity index (χ3n) is 11.2. The van der Waals surface area contributed by atoms with Crippen molar-refractivity contribution < 1.29 is 18.3 Å². The van der Waals surface area contributed by atoms with Gasteiger partial charge >= 0.3 is 5.69 Å². The molecule has 2 unspecified atom stereocenters. The second-order valence-electron chi connectivity index (χ2n) is 14.3. The fourth-order valence-electron chi connectivity index (χ4n) is 8.43. The van der Waals surface area contributed by atoms with Crippen molar-refractivity contribution in [1.29, 1.82) is 0 Å². The molecule has 53 heavy (non-hydrogen) atoms. The number of benzene rings is 2. The average molecular weight is 742 g/mol. The highest BCUT2D eigenvalue weighted by Crippen LogP contribution is 2.47. The van der Waals surface area contributed by atoms with Crippen molar-refractivity contribution in [2.45, 2.75) is 57.0 Å². The van der Waals surface area contributed by atoms with Crippen LogP contribution < -0.4 is 26.6 Å². The molecular weight excluding hydrogens is 704 g/mol. The van der Waals surface area contributed by atoms with Crippen LogP contribution in [0.2, 0.25) is 5.02 Å². The second kappa shape index (κ2) is 13.1. The fourth-order valence-corrected chi connectivity index (χ4v) is 8.75. The van der Waals surface area contributed by atoms with E-state index in [4.69, 9.17) is 21.3 Å². The number of ether oxygens (including phenoxy) is 1. The topological polar surface area (TPSA) is 123 Å². The van der Waals surface area contributed by atoms with Crippen LogP contribution in [0.25, 0.3) is 33.3 Å². The Labute approximate surface area is 308 Å². The Hall–Kier alpha value is -5.14. The molecule has 3 aromatic heterocycles. The molecule has 1 spiro atoms. The number of alkyl halides is 2. The van der Waals surface area contributed by atoms with Crippen LogP contribution in [-0.2, 0) is 25.3 Å². The summed E-state index contributed by atoms with van der Waals surface area (Å²) in [7, 11) is 4.39. The van der Waals surface area contributed by atoms with Gasteiger partial charge in [-0.1, -0.05) is 41.9 Å². The van der Waals surface area contributed by atoms with Gasteiger partial charge in [0.25, 0.3) is 12.0 Å². The number of rotatable bonds is 7. The number of fused-ring (bicyclic) bond motifs is 2. The predicted molar refractivity (Wildman–Crippen MR) is 199 cm³/mol. The molecule has 0 radical (unpaired) electrons. The highest BCUT2D eigenvalue weighted by molar-refractivity contribution is 6.36. The molecule has 274 valence electrons. The van der Waals surface area contributed by atoms with Gasteiger partial charge in [-0.15, -0.1) is 0 Å². The maximum Gasteiger partial charge on any atom is 0.330 e. The summed E-state index contributed by atoms with van der Waals surface area (Å²) in [5.74, 6) is 0.611. The van der Waals surface area contributed by atoms with Gasteiger partial charge in [0.1, 0.15) is 16.9 Å². The number of aromatic nitrogens is 4. The third-order valence-corrected chi connectivity index (χ3v) is 11.6. The summed E-state index contributed by atoms with van der Waals surface area (Å²) in [6.45, 7) is 3.58. The minimum Gasteiger partial charge on any atom is -0.481 e. The van der Waals surface area contributed by atoms with Gasteiger partial charge in [-0.3, -0.25) is 23.6 Å². The predicted octanol–water partition coefficient (Wildman–Crippen LogP) is 6.35. The average Bonchev–Trinajstić information content (AvgIpc) is 3.87. The zero-order chi connectivity index (χ0) is 37.3. The molecule has 2 aliphatic heterocycles. The number of hydrogen-bond donors (Lipinski definition) is 2. The lowest BCUT2D eigenvalue weighted by molar-refractivity contribution is -0.119. The molecule has 0 bridgehead atoms. The Morgan fingerprint density at radius 1 is 1.00 bits per heavy atom. The minimum atomic E-state index is -2.93. The van der Waals surface area contributed by atoms with Crippen LogP contribution in [-0.4, -0.2) is 55.6 Å². The summed E-state index contributed by atoms with van der Waals surface area (Å²) in [6.07, 6.45) is 1.24. The van der Waals surface area contributed by atoms with Crippen molar-refractivity contribution in [3.8, 4) is 28.3 Å². The first-order valence-corrected chi connectivity index (χ1v) is 17.9. The van der Waals surface area contributed by atoms with Gasteiger partial charge in [-0.25, -0.2) is 23.5 Å². The smallest absolute Gasteiger partial charge is 0.330 e. The highest BCUT2D eigenvalue weighted by atomic mass is 35.5. The molecule has 2 atom stereocenters. The van der Waals surface area contributed by atoms with Crippen molar-refractivity contribution in [2.75, 3.05) is 25.5 Å². The first kappa shape index (κ1) is 34.9. The first-order chi connectivity index (χ1) is 25.4. The Bertz CT molecular complexity index is 2470. The molecule has 11 nitrogen and oxygen atoms in total. The summed E-state index contributed by atoms with van der Waals surface area (Å²) in [5.41, 5.74) is 4.45. The molecular formula is C39H38ClF2N7O4. The third kappa shape index (κ3) is 5.77. The van der Waals surface area contributed by atoms with Crippen molar-refractivity contribution in [3.63, 3.8) is 0 Å². The molecule has 14 heteroatoms. The number of hydrogen-bond acceptors (Lipinski definition) is 8. The lowest BCUT2D eigenvalue weighted by Gasteiger charge is -2.28. The molecule has 2 fully saturated rings. The van der Waals surface area contributed by atoms with Crippen LogP contribution in [0.4, 0.5) is 20.3 Å². The van der Waals surface area contributed by atoms with Crippen molar-refractivity contribution in [2.24, 2.45) is 14.1 Å². The minimum absolute atomic E-state index is 0.0113. The van der Waals surface area contributed by atoms with E-state index >= 15 is 0 Å². The molecule has 8 rings (SSSR count). The summed E-state index contributed by atoms with van der Waals surface area (Å²) < 4.78 is 36.0. The van der Waals surface area contributed by atoms with Gasteiger partial charge in [-0.05, 0) is 67.5 Å². The number of carbonyl (C=O) groups excluding carboxylic acids is 1. The first-order valence-electron chi connectivity index (χ1n) is 17.6. The molecule has 1 amide bonds. The van der Waals surface area contributed by atoms with Gasteiger partial charge in [0.05, 0.1) is 28.9 Å². The van der Waals surface area contributed by atoms with Gasteiger partial charge in [0, 0.05) is 62.0 Å². The monoisotopic (exact) mass is 741 g/mol. The van der Waals surface area contributed by atoms with Crippen LogP contribution in [0.3, 0.4) is 0 Å². The zero-order valence-corrected chi connectivity index (χ0v) is 30.5. The zero-order valence-electron chi connectivity index (χ0n) is 29.7. The molecule has 1 aliphatic carbocycles. The molecule has 2 aromatic carbocycles. The van der Waals surface area contributed by atoms with Gasteiger partial charge < -0.3 is 15.4 Å². The molecule has 2 N–H and O–H groups in total. The van der Waals surface area contributed by atoms with Crippen LogP contribution in [0.1, 0.15) is 60.5 Å². The van der Waals surface area contributed by atoms with Crippen LogP contribution in [0, 0.1) is 6.92 Å². The maximum absolute atomic E-state index is 14.0. The van der Waals surface area contributed by atoms with E-state index in [1.54, 1.807) is 19.2 Å². The number of pyridine rings is 2. The van der Waals surface area contributed by atoms with E-state index in [1.165, 1.54) is 14.1 Å². The summed E-state index contributed by atoms with van der Waals surface area (Å²) >= 11 is 7.21. The molecule has 5 heterocycles. The van der Waals surface area contributed by atoms with Gasteiger partial charge in [-0.2, -0.15) is 0 Å². The Balaban J connectivity index is 1.15. The van der Waals surface area contributed by atoms with E-state index in [1.807, 2.05) is 31.2 Å². The van der Waals surface area contributed by atoms with Gasteiger partial charge in [0.15, 0.2) is 0 Å². The molecule has 3 aliphatic rings. The van der Waals surface area contributed by atoms with Crippen molar-refractivity contribution in [1.82, 2.24) is 29.3 Å². The van der Waals surface area contributed by atoms with Gasteiger partial charge in [0.2, 0.25) is 11.8 Å². The number of methoxy groups -OCH3 is 1. The maximum atomic E-state index is 14.0. The second-order valence-corrected chi connectivity index (χ2v) is 14.6. The lowest BCUT2D eigenvalue weighted by atomic mass is 9.96. The number of amides is 1. The normalized spacial score (nSPS) is 19.8. The number of halogens is 3. The summed E-state index contributed by atoms with van der Waals surface area (Å²) in [4.78, 5) is 49.5. The number of carbonyl (C=O) groups is 1. The van der Waals surface area contributed by atoms with E-state index in [-0.39, 0.29) is 34.2 Å². The molecule has 0 saturated carbocycles. The van der Waals surface area contributed by atoms with Crippen LogP contribution in [0.5, 0.6) is 5.88 Å². The Morgan fingerprint density at radius 3 is 2.49 bits per heavy atom. The summed E-state index contributed by atoms with van der Waals surface area (Å²) in [5, 5.41) is 6.84. The summed E-state index contributed by atoms with van der Waals surface area (Å²) in [6, 6.07) is 14.5. The number of likely N-dealkylation sites (tertiary alicyclic amines) is 1. The number of nitrogens with one attached hydrogen (secondary N) is 2. The quantitative estimate of drug-likeness (QED) is 0.198. The van der Waals surface area contributed by atoms with Crippen LogP contribution in [0.15, 0.2) is 58.1 Å². The van der Waals surface area contributed by atoms with E-state index in [0.717, 1.165) is 87.4 Å². The van der Waals surface area contributed by atoms with E-state index in [9.17, 15) is 23.2 Å². The molecule has 2 saturated heterocycles. The Kier molecular flexibility index (Phi) is 8.61. The number of nitrogens with zero attached hydrogens (tertiary/aromatic N) is 5. The molecule has 5 aromatic rings. The Morgan fingerprint density at radius 2 is 1.75 bits per heavy atom. The van der Waals surface area contributed by atoms with E-state index in [2.05, 4.69) is 26.6 Å².